The summed E-state index contributed by atoms with van der Waals surface area (Å²) in [5.74, 6) is 1.09. The minimum absolute atomic E-state index is 0.423. The predicted molar refractivity (Wildman–Crippen MR) is 70.1 cm³/mol. The quantitative estimate of drug-likeness (QED) is 0.844. The highest BCUT2D eigenvalue weighted by Gasteiger charge is 2.17. The molecule has 1 aromatic carbocycles. The molecule has 1 aliphatic rings. The average molecular weight is 228 g/mol. The molecule has 0 saturated carbocycles. The van der Waals surface area contributed by atoms with E-state index >= 15 is 0 Å². The van der Waals surface area contributed by atoms with E-state index in [4.69, 9.17) is 5.26 Å². The lowest BCUT2D eigenvalue weighted by Gasteiger charge is -2.24. The number of nitrogens with one attached hydrogen (secondary N) is 1. The van der Waals surface area contributed by atoms with E-state index in [9.17, 15) is 0 Å². The lowest BCUT2D eigenvalue weighted by molar-refractivity contribution is 0.460. The largest absolute Gasteiger partial charge is 0.317 e. The maximum Gasteiger partial charge on any atom is 0.0994 e. The van der Waals surface area contributed by atoms with Gasteiger partial charge in [0, 0.05) is 0 Å². The Morgan fingerprint density at radius 3 is 2.59 bits per heavy atom. The molecule has 0 radical (unpaired) electrons. The van der Waals surface area contributed by atoms with Gasteiger partial charge >= 0.3 is 0 Å². The molecule has 0 unspecified atom stereocenters. The van der Waals surface area contributed by atoms with Crippen molar-refractivity contribution in [3.8, 4) is 6.07 Å². The summed E-state index contributed by atoms with van der Waals surface area (Å²) in [6.45, 7) is 6.54. The highest BCUT2D eigenvalue weighted by molar-refractivity contribution is 5.43. The van der Waals surface area contributed by atoms with E-state index in [1.807, 2.05) is 6.07 Å². The van der Waals surface area contributed by atoms with Gasteiger partial charge in [-0.15, -0.1) is 0 Å². The van der Waals surface area contributed by atoms with E-state index in [0.717, 1.165) is 18.7 Å². The molecule has 1 fully saturated rings. The normalized spacial score (nSPS) is 17.1. The molecule has 1 aliphatic heterocycles. The minimum Gasteiger partial charge on any atom is -0.317 e. The van der Waals surface area contributed by atoms with E-state index in [1.54, 1.807) is 0 Å². The maximum absolute atomic E-state index is 9.11. The third-order valence-electron chi connectivity index (χ3n) is 3.63. The fourth-order valence-corrected chi connectivity index (χ4v) is 2.57. The molecule has 0 aromatic heterocycles. The molecular formula is C15H20N2. The first-order chi connectivity index (χ1) is 8.22. The lowest BCUT2D eigenvalue weighted by Crippen LogP contribution is -2.26. The van der Waals surface area contributed by atoms with Crippen LogP contribution in [0.1, 0.15) is 55.2 Å². The van der Waals surface area contributed by atoms with E-state index in [2.05, 4.69) is 37.4 Å². The fraction of sp³-hybridized carbons (Fsp3) is 0.533. The van der Waals surface area contributed by atoms with Crippen molar-refractivity contribution in [1.29, 1.82) is 5.26 Å². The molecule has 2 rings (SSSR count). The van der Waals surface area contributed by atoms with Gasteiger partial charge in [0.05, 0.1) is 11.6 Å². The standard InChI is InChI=1S/C15H20N2/c1-11(2)15-9-13(3-4-14(15)10-16)12-5-7-17-8-6-12/h3-4,9,11-12,17H,5-8H2,1-2H3. The lowest BCUT2D eigenvalue weighted by atomic mass is 9.86. The van der Waals surface area contributed by atoms with Crippen molar-refractivity contribution in [3.63, 3.8) is 0 Å². The van der Waals surface area contributed by atoms with Crippen molar-refractivity contribution in [1.82, 2.24) is 5.32 Å². The summed E-state index contributed by atoms with van der Waals surface area (Å²) < 4.78 is 0. The Kier molecular flexibility index (Phi) is 3.81. The van der Waals surface area contributed by atoms with Crippen LogP contribution in [-0.2, 0) is 0 Å². The molecule has 1 aromatic rings. The summed E-state index contributed by atoms with van der Waals surface area (Å²) in [5, 5.41) is 12.5. The van der Waals surface area contributed by atoms with Gasteiger partial charge in [-0.2, -0.15) is 5.26 Å². The molecule has 1 saturated heterocycles. The van der Waals surface area contributed by atoms with Crippen molar-refractivity contribution < 1.29 is 0 Å². The van der Waals surface area contributed by atoms with Gasteiger partial charge in [-0.25, -0.2) is 0 Å². The fourth-order valence-electron chi connectivity index (χ4n) is 2.57. The van der Waals surface area contributed by atoms with Crippen molar-refractivity contribution >= 4 is 0 Å². The number of hydrogen-bond acceptors (Lipinski definition) is 2. The topological polar surface area (TPSA) is 35.8 Å². The van der Waals surface area contributed by atoms with E-state index in [-0.39, 0.29) is 0 Å². The Balaban J connectivity index is 2.30. The van der Waals surface area contributed by atoms with Crippen molar-refractivity contribution in [2.24, 2.45) is 0 Å². The summed E-state index contributed by atoms with van der Waals surface area (Å²) in [6.07, 6.45) is 2.42. The highest BCUT2D eigenvalue weighted by Crippen LogP contribution is 2.29. The van der Waals surface area contributed by atoms with Gasteiger partial charge in [0.2, 0.25) is 0 Å². The van der Waals surface area contributed by atoms with Crippen LogP contribution in [0.5, 0.6) is 0 Å². The van der Waals surface area contributed by atoms with Gasteiger partial charge in [0.25, 0.3) is 0 Å². The monoisotopic (exact) mass is 228 g/mol. The third-order valence-corrected chi connectivity index (χ3v) is 3.63. The second-order valence-corrected chi connectivity index (χ2v) is 5.14. The van der Waals surface area contributed by atoms with E-state index < -0.39 is 0 Å². The molecule has 0 bridgehead atoms. The number of hydrogen-bond donors (Lipinski definition) is 1. The Bertz CT molecular complexity index is 423. The second-order valence-electron chi connectivity index (χ2n) is 5.14. The van der Waals surface area contributed by atoms with Gasteiger partial charge < -0.3 is 5.32 Å². The molecule has 0 spiro atoms. The first-order valence-electron chi connectivity index (χ1n) is 6.47. The van der Waals surface area contributed by atoms with Gasteiger partial charge in [-0.1, -0.05) is 26.0 Å². The molecule has 17 heavy (non-hydrogen) atoms. The summed E-state index contributed by atoms with van der Waals surface area (Å²) >= 11 is 0. The average Bonchev–Trinajstić information content (AvgIpc) is 2.39. The zero-order valence-corrected chi connectivity index (χ0v) is 10.7. The van der Waals surface area contributed by atoms with Gasteiger partial charge in [0.15, 0.2) is 0 Å². The van der Waals surface area contributed by atoms with Crippen molar-refractivity contribution in [3.05, 3.63) is 34.9 Å². The first-order valence-corrected chi connectivity index (χ1v) is 6.47. The van der Waals surface area contributed by atoms with Gasteiger partial charge in [-0.3, -0.25) is 0 Å². The first kappa shape index (κ1) is 12.1. The molecular weight excluding hydrogens is 208 g/mol. The minimum atomic E-state index is 0.423. The van der Waals surface area contributed by atoms with Crippen LogP contribution in [0.25, 0.3) is 0 Å². The number of rotatable bonds is 2. The number of nitriles is 1. The Morgan fingerprint density at radius 2 is 2.00 bits per heavy atom. The van der Waals surface area contributed by atoms with Crippen LogP contribution >= 0.6 is 0 Å². The van der Waals surface area contributed by atoms with Gasteiger partial charge in [-0.05, 0) is 55.0 Å². The molecule has 2 heteroatoms. The van der Waals surface area contributed by atoms with Crippen LogP contribution in [0.4, 0.5) is 0 Å². The number of nitrogens with zero attached hydrogens (tertiary/aromatic N) is 1. The zero-order chi connectivity index (χ0) is 12.3. The molecule has 1 heterocycles. The van der Waals surface area contributed by atoms with Crippen LogP contribution in [0.3, 0.4) is 0 Å². The SMILES string of the molecule is CC(C)c1cc(C2CCNCC2)ccc1C#N. The molecule has 0 amide bonds. The molecule has 2 nitrogen and oxygen atoms in total. The predicted octanol–water partition coefficient (Wildman–Crippen LogP) is 3.15. The summed E-state index contributed by atoms with van der Waals surface area (Å²) in [7, 11) is 0. The smallest absolute Gasteiger partial charge is 0.0994 e. The highest BCUT2D eigenvalue weighted by atomic mass is 14.9. The van der Waals surface area contributed by atoms with Gasteiger partial charge in [0.1, 0.15) is 0 Å². The number of piperidine rings is 1. The summed E-state index contributed by atoms with van der Waals surface area (Å²) in [4.78, 5) is 0. The van der Waals surface area contributed by atoms with E-state index in [0.29, 0.717) is 11.8 Å². The van der Waals surface area contributed by atoms with Crippen LogP contribution in [0, 0.1) is 11.3 Å². The summed E-state index contributed by atoms with van der Waals surface area (Å²) in [6, 6.07) is 8.68. The van der Waals surface area contributed by atoms with Crippen LogP contribution in [-0.4, -0.2) is 13.1 Å². The Hall–Kier alpha value is -1.33. The second kappa shape index (κ2) is 5.33. The molecule has 1 N–H and O–H groups in total. The van der Waals surface area contributed by atoms with Crippen LogP contribution < -0.4 is 5.32 Å². The van der Waals surface area contributed by atoms with Crippen molar-refractivity contribution in [2.45, 2.75) is 38.5 Å². The number of benzene rings is 1. The Morgan fingerprint density at radius 1 is 1.29 bits per heavy atom. The van der Waals surface area contributed by atoms with Crippen molar-refractivity contribution in [2.75, 3.05) is 13.1 Å². The van der Waals surface area contributed by atoms with E-state index in [1.165, 1.54) is 24.0 Å². The maximum atomic E-state index is 9.11. The molecule has 0 atom stereocenters. The molecule has 90 valence electrons. The van der Waals surface area contributed by atoms with Crippen LogP contribution in [0.15, 0.2) is 18.2 Å². The zero-order valence-electron chi connectivity index (χ0n) is 10.7. The third kappa shape index (κ3) is 2.68. The Labute approximate surface area is 104 Å². The molecule has 0 aliphatic carbocycles. The van der Waals surface area contributed by atoms with Crippen LogP contribution in [0.2, 0.25) is 0 Å². The summed E-state index contributed by atoms with van der Waals surface area (Å²) in [5.41, 5.74) is 3.44.